The standard InChI is InChI=1S/C6H10N2O2/c1-8-2-6(3-8)4-10-5(9)7-6/h2-4H2,1H3,(H,7,9). The maximum atomic E-state index is 10.6. The Morgan fingerprint density at radius 2 is 2.40 bits per heavy atom. The molecule has 2 fully saturated rings. The van der Waals surface area contributed by atoms with Crippen molar-refractivity contribution < 1.29 is 9.53 Å². The molecule has 2 saturated heterocycles. The first kappa shape index (κ1) is 5.97. The van der Waals surface area contributed by atoms with Crippen molar-refractivity contribution in [3.05, 3.63) is 0 Å². The van der Waals surface area contributed by atoms with Gasteiger partial charge in [-0.15, -0.1) is 0 Å². The minimum Gasteiger partial charge on any atom is -0.447 e. The molecule has 2 heterocycles. The number of ether oxygens (including phenoxy) is 1. The van der Waals surface area contributed by atoms with Crippen LogP contribution in [-0.2, 0) is 4.74 Å². The van der Waals surface area contributed by atoms with Gasteiger partial charge in [0, 0.05) is 13.1 Å². The summed E-state index contributed by atoms with van der Waals surface area (Å²) in [6.45, 7) is 2.37. The van der Waals surface area contributed by atoms with Crippen molar-refractivity contribution >= 4 is 6.09 Å². The lowest BCUT2D eigenvalue weighted by atomic mass is 9.93. The van der Waals surface area contributed by atoms with E-state index < -0.39 is 0 Å². The van der Waals surface area contributed by atoms with Crippen molar-refractivity contribution in [2.45, 2.75) is 5.54 Å². The lowest BCUT2D eigenvalue weighted by molar-refractivity contribution is 0.0690. The molecule has 2 rings (SSSR count). The minimum atomic E-state index is -0.270. The van der Waals surface area contributed by atoms with E-state index in [1.807, 2.05) is 7.05 Å². The van der Waals surface area contributed by atoms with Crippen LogP contribution in [0.1, 0.15) is 0 Å². The Kier molecular flexibility index (Phi) is 0.976. The van der Waals surface area contributed by atoms with E-state index in [0.717, 1.165) is 13.1 Å². The molecule has 4 nitrogen and oxygen atoms in total. The third-order valence-corrected chi connectivity index (χ3v) is 1.99. The summed E-state index contributed by atoms with van der Waals surface area (Å²) in [6.07, 6.45) is -0.270. The molecule has 0 aliphatic carbocycles. The molecule has 10 heavy (non-hydrogen) atoms. The number of carbonyl (C=O) groups excluding carboxylic acids is 1. The van der Waals surface area contributed by atoms with Crippen LogP contribution in [0.15, 0.2) is 0 Å². The first-order chi connectivity index (χ1) is 4.70. The molecule has 0 aromatic heterocycles. The van der Waals surface area contributed by atoms with Crippen molar-refractivity contribution in [2.24, 2.45) is 0 Å². The molecular weight excluding hydrogens is 132 g/mol. The summed E-state index contributed by atoms with van der Waals surface area (Å²) < 4.78 is 4.78. The van der Waals surface area contributed by atoms with Crippen molar-refractivity contribution in [2.75, 3.05) is 26.7 Å². The third-order valence-electron chi connectivity index (χ3n) is 1.99. The molecule has 2 aliphatic rings. The summed E-state index contributed by atoms with van der Waals surface area (Å²) >= 11 is 0. The minimum absolute atomic E-state index is 0.0359. The van der Waals surface area contributed by atoms with Gasteiger partial charge in [-0.3, -0.25) is 0 Å². The van der Waals surface area contributed by atoms with Crippen LogP contribution in [0, 0.1) is 0 Å². The van der Waals surface area contributed by atoms with Crippen molar-refractivity contribution in [3.63, 3.8) is 0 Å². The summed E-state index contributed by atoms with van der Waals surface area (Å²) in [7, 11) is 2.02. The number of amides is 1. The number of hydrogen-bond acceptors (Lipinski definition) is 3. The van der Waals surface area contributed by atoms with Gasteiger partial charge < -0.3 is 15.0 Å². The molecule has 1 spiro atoms. The average molecular weight is 142 g/mol. The van der Waals surface area contributed by atoms with Gasteiger partial charge in [0.1, 0.15) is 12.1 Å². The van der Waals surface area contributed by atoms with Crippen molar-refractivity contribution in [3.8, 4) is 0 Å². The number of cyclic esters (lactones) is 1. The van der Waals surface area contributed by atoms with Crippen LogP contribution >= 0.6 is 0 Å². The molecule has 1 amide bonds. The molecular formula is C6H10N2O2. The zero-order chi connectivity index (χ0) is 7.19. The number of alkyl carbamates (subject to hydrolysis) is 1. The van der Waals surface area contributed by atoms with Crippen LogP contribution < -0.4 is 5.32 Å². The third kappa shape index (κ3) is 0.686. The smallest absolute Gasteiger partial charge is 0.407 e. The Hall–Kier alpha value is -0.770. The van der Waals surface area contributed by atoms with Crippen LogP contribution in [0.5, 0.6) is 0 Å². The fourth-order valence-corrected chi connectivity index (χ4v) is 1.65. The zero-order valence-corrected chi connectivity index (χ0v) is 5.89. The highest BCUT2D eigenvalue weighted by Gasteiger charge is 2.47. The van der Waals surface area contributed by atoms with Gasteiger partial charge in [-0.05, 0) is 7.05 Å². The van der Waals surface area contributed by atoms with Crippen LogP contribution in [0.4, 0.5) is 4.79 Å². The van der Waals surface area contributed by atoms with Gasteiger partial charge in [-0.1, -0.05) is 0 Å². The maximum absolute atomic E-state index is 10.6. The van der Waals surface area contributed by atoms with E-state index in [9.17, 15) is 4.79 Å². The average Bonchev–Trinajstić information content (AvgIpc) is 2.10. The molecule has 0 radical (unpaired) electrons. The van der Waals surface area contributed by atoms with Gasteiger partial charge >= 0.3 is 6.09 Å². The predicted octanol–water partition coefficient (Wildman–Crippen LogP) is -0.590. The van der Waals surface area contributed by atoms with E-state index in [0.29, 0.717) is 6.61 Å². The van der Waals surface area contributed by atoms with Gasteiger partial charge in [0.25, 0.3) is 0 Å². The Balaban J connectivity index is 2.01. The summed E-state index contributed by atoms with van der Waals surface area (Å²) in [5, 5.41) is 2.79. The van der Waals surface area contributed by atoms with E-state index in [2.05, 4.69) is 10.2 Å². The number of hydrogen-bond donors (Lipinski definition) is 1. The van der Waals surface area contributed by atoms with E-state index in [1.54, 1.807) is 0 Å². The Labute approximate surface area is 59.1 Å². The van der Waals surface area contributed by atoms with Crippen molar-refractivity contribution in [1.82, 2.24) is 10.2 Å². The molecule has 2 aliphatic heterocycles. The van der Waals surface area contributed by atoms with Crippen LogP contribution in [0.25, 0.3) is 0 Å². The monoisotopic (exact) mass is 142 g/mol. The molecule has 0 aromatic rings. The van der Waals surface area contributed by atoms with Gasteiger partial charge in [0.15, 0.2) is 0 Å². The summed E-state index contributed by atoms with van der Waals surface area (Å²) in [6, 6.07) is 0. The fourth-order valence-electron chi connectivity index (χ4n) is 1.65. The van der Waals surface area contributed by atoms with Crippen LogP contribution in [-0.4, -0.2) is 43.3 Å². The first-order valence-electron chi connectivity index (χ1n) is 3.34. The highest BCUT2D eigenvalue weighted by molar-refractivity contribution is 5.71. The normalized spacial score (nSPS) is 29.5. The summed E-state index contributed by atoms with van der Waals surface area (Å²) in [4.78, 5) is 12.8. The topological polar surface area (TPSA) is 41.6 Å². The number of nitrogens with one attached hydrogen (secondary N) is 1. The van der Waals surface area contributed by atoms with Gasteiger partial charge in [0.2, 0.25) is 0 Å². The number of carbonyl (C=O) groups is 1. The second kappa shape index (κ2) is 1.63. The molecule has 4 heteroatoms. The fraction of sp³-hybridized carbons (Fsp3) is 0.833. The molecule has 1 N–H and O–H groups in total. The maximum Gasteiger partial charge on any atom is 0.407 e. The predicted molar refractivity (Wildman–Crippen MR) is 34.7 cm³/mol. The van der Waals surface area contributed by atoms with Crippen molar-refractivity contribution in [1.29, 1.82) is 0 Å². The number of nitrogens with zero attached hydrogens (tertiary/aromatic N) is 1. The largest absolute Gasteiger partial charge is 0.447 e. The molecule has 0 aromatic carbocycles. The number of likely N-dealkylation sites (tertiary alicyclic amines) is 1. The van der Waals surface area contributed by atoms with Gasteiger partial charge in [-0.25, -0.2) is 4.79 Å². The molecule has 0 unspecified atom stereocenters. The van der Waals surface area contributed by atoms with Gasteiger partial charge in [-0.2, -0.15) is 0 Å². The summed E-state index contributed by atoms with van der Waals surface area (Å²) in [5.74, 6) is 0. The number of rotatable bonds is 0. The molecule has 0 bridgehead atoms. The molecule has 0 saturated carbocycles. The van der Waals surface area contributed by atoms with E-state index in [-0.39, 0.29) is 11.6 Å². The lowest BCUT2D eigenvalue weighted by Gasteiger charge is -2.43. The highest BCUT2D eigenvalue weighted by Crippen LogP contribution is 2.23. The molecule has 56 valence electrons. The lowest BCUT2D eigenvalue weighted by Crippen LogP contribution is -2.67. The zero-order valence-electron chi connectivity index (χ0n) is 5.89. The van der Waals surface area contributed by atoms with Gasteiger partial charge in [0.05, 0.1) is 0 Å². The van der Waals surface area contributed by atoms with Crippen LogP contribution in [0.3, 0.4) is 0 Å². The Morgan fingerprint density at radius 3 is 2.80 bits per heavy atom. The Bertz CT molecular complexity index is 175. The van der Waals surface area contributed by atoms with E-state index in [4.69, 9.17) is 4.74 Å². The SMILES string of the molecule is CN1CC2(COC(=O)N2)C1. The first-order valence-corrected chi connectivity index (χ1v) is 3.34. The number of likely N-dealkylation sites (N-methyl/N-ethyl adjacent to an activating group) is 1. The highest BCUT2D eigenvalue weighted by atomic mass is 16.6. The van der Waals surface area contributed by atoms with E-state index in [1.165, 1.54) is 0 Å². The quantitative estimate of drug-likeness (QED) is 0.491. The molecule has 0 atom stereocenters. The Morgan fingerprint density at radius 1 is 1.70 bits per heavy atom. The second-order valence-electron chi connectivity index (χ2n) is 3.15. The second-order valence-corrected chi connectivity index (χ2v) is 3.15. The van der Waals surface area contributed by atoms with E-state index >= 15 is 0 Å². The van der Waals surface area contributed by atoms with Crippen LogP contribution in [0.2, 0.25) is 0 Å². The summed E-state index contributed by atoms with van der Waals surface area (Å²) in [5.41, 5.74) is -0.0359.